The summed E-state index contributed by atoms with van der Waals surface area (Å²) in [7, 11) is 0. The van der Waals surface area contributed by atoms with Gasteiger partial charge in [0.25, 0.3) is 5.91 Å². The number of aryl methyl sites for hydroxylation is 1. The molecule has 31 heavy (non-hydrogen) atoms. The van der Waals surface area contributed by atoms with Crippen LogP contribution in [-0.4, -0.2) is 66.2 Å². The Morgan fingerprint density at radius 2 is 2.10 bits per heavy atom. The Labute approximate surface area is 192 Å². The number of morpholine rings is 1. The molecule has 0 aliphatic carbocycles. The highest BCUT2D eigenvalue weighted by Gasteiger charge is 2.32. The van der Waals surface area contributed by atoms with Crippen molar-refractivity contribution in [1.82, 2.24) is 9.88 Å². The number of benzene rings is 1. The molecular weight excluding hydrogens is 430 g/mol. The number of pyridine rings is 1. The highest BCUT2D eigenvalue weighted by atomic mass is 32.2. The fourth-order valence-electron chi connectivity index (χ4n) is 3.74. The van der Waals surface area contributed by atoms with Gasteiger partial charge in [-0.15, -0.1) is 0 Å². The molecule has 0 unspecified atom stereocenters. The number of carbonyl (C=O) groups is 1. The molecule has 0 radical (unpaired) electrons. The van der Waals surface area contributed by atoms with Crippen molar-refractivity contribution in [3.63, 3.8) is 0 Å². The monoisotopic (exact) mass is 457 g/mol. The number of thiocarbonyl (C=S) groups is 1. The van der Waals surface area contributed by atoms with Crippen LogP contribution in [0.25, 0.3) is 17.0 Å². The molecule has 0 saturated carbocycles. The van der Waals surface area contributed by atoms with E-state index in [9.17, 15) is 4.79 Å². The molecule has 164 valence electrons. The fourth-order valence-corrected chi connectivity index (χ4v) is 5.04. The van der Waals surface area contributed by atoms with Gasteiger partial charge < -0.3 is 14.4 Å². The zero-order valence-electron chi connectivity index (χ0n) is 17.9. The van der Waals surface area contributed by atoms with E-state index in [0.29, 0.717) is 42.2 Å². The standard InChI is InChI=1S/C23H27N3O3S2/c1-3-28-10-4-7-26-22(27)20(31-23(26)30)15-18-14-17-13-16(2)5-6-19(17)24-21(18)25-8-11-29-12-9-25/h5-6,13-15H,3-4,7-12H2,1-2H3/b20-15-. The van der Waals surface area contributed by atoms with Crippen molar-refractivity contribution < 1.29 is 14.3 Å². The van der Waals surface area contributed by atoms with E-state index in [-0.39, 0.29) is 5.91 Å². The second kappa shape index (κ2) is 10.1. The Morgan fingerprint density at radius 3 is 2.87 bits per heavy atom. The van der Waals surface area contributed by atoms with Crippen molar-refractivity contribution in [3.05, 3.63) is 40.3 Å². The highest BCUT2D eigenvalue weighted by Crippen LogP contribution is 2.35. The van der Waals surface area contributed by atoms with Gasteiger partial charge in [0.2, 0.25) is 0 Å². The molecule has 2 aliphatic heterocycles. The van der Waals surface area contributed by atoms with Crippen molar-refractivity contribution in [3.8, 4) is 0 Å². The van der Waals surface area contributed by atoms with E-state index >= 15 is 0 Å². The van der Waals surface area contributed by atoms with Crippen molar-refractivity contribution in [2.24, 2.45) is 0 Å². The fraction of sp³-hybridized carbons (Fsp3) is 0.435. The maximum atomic E-state index is 13.0. The average molecular weight is 458 g/mol. The molecule has 6 nitrogen and oxygen atoms in total. The summed E-state index contributed by atoms with van der Waals surface area (Å²) in [6.07, 6.45) is 2.71. The predicted octanol–water partition coefficient (Wildman–Crippen LogP) is 4.01. The van der Waals surface area contributed by atoms with Crippen LogP contribution in [0.2, 0.25) is 0 Å². The van der Waals surface area contributed by atoms with Crippen LogP contribution in [0, 0.1) is 6.92 Å². The number of anilines is 1. The van der Waals surface area contributed by atoms with Crippen LogP contribution >= 0.6 is 24.0 Å². The molecule has 2 fully saturated rings. The third-order valence-corrected chi connectivity index (χ3v) is 6.70. The highest BCUT2D eigenvalue weighted by molar-refractivity contribution is 8.26. The molecule has 8 heteroatoms. The smallest absolute Gasteiger partial charge is 0.266 e. The maximum Gasteiger partial charge on any atom is 0.266 e. The molecule has 0 spiro atoms. The molecule has 0 bridgehead atoms. The van der Waals surface area contributed by atoms with Gasteiger partial charge in [-0.1, -0.05) is 35.6 Å². The predicted molar refractivity (Wildman–Crippen MR) is 131 cm³/mol. The van der Waals surface area contributed by atoms with Gasteiger partial charge in [0.05, 0.1) is 23.6 Å². The first-order valence-corrected chi connectivity index (χ1v) is 11.9. The number of fused-ring (bicyclic) bond motifs is 1. The summed E-state index contributed by atoms with van der Waals surface area (Å²) in [5.74, 6) is 0.852. The van der Waals surface area contributed by atoms with Crippen LogP contribution in [0.4, 0.5) is 5.82 Å². The van der Waals surface area contributed by atoms with Gasteiger partial charge in [0.1, 0.15) is 10.1 Å². The van der Waals surface area contributed by atoms with Crippen LogP contribution in [-0.2, 0) is 14.3 Å². The minimum absolute atomic E-state index is 0.0382. The first-order valence-electron chi connectivity index (χ1n) is 10.6. The number of rotatable bonds is 7. The van der Waals surface area contributed by atoms with Crippen molar-refractivity contribution >= 4 is 57.0 Å². The van der Waals surface area contributed by atoms with Gasteiger partial charge in [0, 0.05) is 43.8 Å². The largest absolute Gasteiger partial charge is 0.382 e. The summed E-state index contributed by atoms with van der Waals surface area (Å²) in [6, 6.07) is 8.38. The summed E-state index contributed by atoms with van der Waals surface area (Å²) in [4.78, 5) is 22.6. The lowest BCUT2D eigenvalue weighted by molar-refractivity contribution is -0.122. The van der Waals surface area contributed by atoms with Crippen molar-refractivity contribution in [2.45, 2.75) is 20.3 Å². The summed E-state index contributed by atoms with van der Waals surface area (Å²) in [5, 5.41) is 1.07. The van der Waals surface area contributed by atoms with Crippen LogP contribution in [0.1, 0.15) is 24.5 Å². The molecule has 1 aromatic carbocycles. The topological polar surface area (TPSA) is 54.9 Å². The summed E-state index contributed by atoms with van der Waals surface area (Å²) >= 11 is 6.85. The summed E-state index contributed by atoms with van der Waals surface area (Å²) in [5.41, 5.74) is 3.07. The second-order valence-corrected chi connectivity index (χ2v) is 9.26. The number of amides is 1. The van der Waals surface area contributed by atoms with Crippen LogP contribution < -0.4 is 4.90 Å². The zero-order valence-corrected chi connectivity index (χ0v) is 19.6. The maximum absolute atomic E-state index is 13.0. The van der Waals surface area contributed by atoms with Crippen molar-refractivity contribution in [1.29, 1.82) is 0 Å². The number of carbonyl (C=O) groups excluding carboxylic acids is 1. The zero-order chi connectivity index (χ0) is 21.8. The molecule has 2 aliphatic rings. The lowest BCUT2D eigenvalue weighted by Crippen LogP contribution is -2.37. The first kappa shape index (κ1) is 22.2. The first-order chi connectivity index (χ1) is 15.1. The molecule has 2 saturated heterocycles. The molecule has 3 heterocycles. The van der Waals surface area contributed by atoms with Crippen LogP contribution in [0.5, 0.6) is 0 Å². The Kier molecular flexibility index (Phi) is 7.22. The van der Waals surface area contributed by atoms with E-state index in [1.807, 2.05) is 13.0 Å². The van der Waals surface area contributed by atoms with Gasteiger partial charge in [-0.05, 0) is 44.5 Å². The van der Waals surface area contributed by atoms with E-state index in [1.165, 1.54) is 17.3 Å². The second-order valence-electron chi connectivity index (χ2n) is 7.58. The molecule has 2 aromatic rings. The third-order valence-electron chi connectivity index (χ3n) is 5.32. The summed E-state index contributed by atoms with van der Waals surface area (Å²) in [6.45, 7) is 8.83. The minimum atomic E-state index is -0.0382. The molecule has 4 rings (SSSR count). The molecule has 0 N–H and O–H groups in total. The molecule has 1 amide bonds. The van der Waals surface area contributed by atoms with E-state index in [0.717, 1.165) is 41.8 Å². The SMILES string of the molecule is CCOCCCN1C(=O)/C(=C/c2cc3cc(C)ccc3nc2N2CCOCC2)SC1=S. The van der Waals surface area contributed by atoms with Gasteiger partial charge in [0.15, 0.2) is 0 Å². The number of hydrogen-bond acceptors (Lipinski definition) is 7. The van der Waals surface area contributed by atoms with E-state index in [1.54, 1.807) is 4.90 Å². The van der Waals surface area contributed by atoms with Gasteiger partial charge in [-0.3, -0.25) is 9.69 Å². The number of ether oxygens (including phenoxy) is 2. The average Bonchev–Trinajstić information content (AvgIpc) is 3.04. The van der Waals surface area contributed by atoms with Crippen LogP contribution in [0.15, 0.2) is 29.2 Å². The van der Waals surface area contributed by atoms with E-state index in [2.05, 4.69) is 36.1 Å². The number of thioether (sulfide) groups is 1. The van der Waals surface area contributed by atoms with Gasteiger partial charge in [-0.25, -0.2) is 4.98 Å². The van der Waals surface area contributed by atoms with Crippen molar-refractivity contribution in [2.75, 3.05) is 51.0 Å². The summed E-state index contributed by atoms with van der Waals surface area (Å²) < 4.78 is 11.5. The lowest BCUT2D eigenvalue weighted by atomic mass is 10.1. The molecule has 1 aromatic heterocycles. The Balaban J connectivity index is 1.66. The third kappa shape index (κ3) is 5.09. The van der Waals surface area contributed by atoms with Gasteiger partial charge in [-0.2, -0.15) is 0 Å². The van der Waals surface area contributed by atoms with E-state index < -0.39 is 0 Å². The number of aromatic nitrogens is 1. The van der Waals surface area contributed by atoms with E-state index in [4.69, 9.17) is 26.7 Å². The number of nitrogens with zero attached hydrogens (tertiary/aromatic N) is 3. The normalized spacial score (nSPS) is 18.6. The Morgan fingerprint density at radius 1 is 1.29 bits per heavy atom. The molecular formula is C23H27N3O3S2. The lowest BCUT2D eigenvalue weighted by Gasteiger charge is -2.29. The van der Waals surface area contributed by atoms with Gasteiger partial charge >= 0.3 is 0 Å². The van der Waals surface area contributed by atoms with Crippen LogP contribution in [0.3, 0.4) is 0 Å². The molecule has 0 atom stereocenters. The number of hydrogen-bond donors (Lipinski definition) is 0. The minimum Gasteiger partial charge on any atom is -0.382 e. The Bertz CT molecular complexity index is 1020. The Hall–Kier alpha value is -2.00. The quantitative estimate of drug-likeness (QED) is 0.354.